The molecular formula is C14H13N3O3S4. The number of aliphatic hydroxyl groups is 1. The average Bonchev–Trinajstić information content (AvgIpc) is 3.21. The first kappa shape index (κ1) is 16.0. The standard InChI is InChI=1S/C14H13N3O3S4/c1-16-8(14(19)17(2-3-18)24(16)20)4-7-5-9-12(21-7)13-10(22-9)6-11(15)23-13/h4-6,18H,2-3,15H2,1H3/b8-4-. The van der Waals surface area contributed by atoms with Gasteiger partial charge in [-0.15, -0.1) is 34.0 Å². The minimum absolute atomic E-state index is 0.0573. The lowest BCUT2D eigenvalue weighted by atomic mass is 10.3. The molecule has 0 spiro atoms. The Balaban J connectivity index is 1.75. The maximum Gasteiger partial charge on any atom is 0.284 e. The van der Waals surface area contributed by atoms with E-state index in [0.717, 1.165) is 14.6 Å². The number of hydrogen-bond donors (Lipinski definition) is 2. The van der Waals surface area contributed by atoms with Gasteiger partial charge in [0.25, 0.3) is 5.91 Å². The van der Waals surface area contributed by atoms with Crippen LogP contribution in [0.1, 0.15) is 4.88 Å². The minimum Gasteiger partial charge on any atom is -0.394 e. The number of amides is 1. The van der Waals surface area contributed by atoms with Crippen LogP contribution in [-0.2, 0) is 16.0 Å². The first-order chi connectivity index (χ1) is 11.5. The van der Waals surface area contributed by atoms with Crippen molar-refractivity contribution in [2.75, 3.05) is 25.9 Å². The number of thiophene rings is 3. The zero-order chi connectivity index (χ0) is 17.0. The summed E-state index contributed by atoms with van der Waals surface area (Å²) in [6, 6.07) is 4.03. The van der Waals surface area contributed by atoms with E-state index in [2.05, 4.69) is 0 Å². The molecule has 6 nitrogen and oxygen atoms in total. The van der Waals surface area contributed by atoms with Gasteiger partial charge < -0.3 is 10.8 Å². The Hall–Kier alpha value is -1.46. The van der Waals surface area contributed by atoms with Crippen molar-refractivity contribution in [2.24, 2.45) is 0 Å². The first-order valence-electron chi connectivity index (χ1n) is 7.01. The van der Waals surface area contributed by atoms with Crippen molar-refractivity contribution < 1.29 is 14.1 Å². The number of rotatable bonds is 3. The predicted octanol–water partition coefficient (Wildman–Crippen LogP) is 2.45. The molecule has 0 saturated carbocycles. The topological polar surface area (TPSA) is 86.9 Å². The number of fused-ring (bicyclic) bond motifs is 3. The van der Waals surface area contributed by atoms with E-state index in [4.69, 9.17) is 10.8 Å². The Bertz CT molecular complexity index is 1020. The quantitative estimate of drug-likeness (QED) is 0.663. The van der Waals surface area contributed by atoms with Crippen molar-refractivity contribution in [1.82, 2.24) is 8.61 Å². The second-order valence-electron chi connectivity index (χ2n) is 5.17. The molecule has 10 heteroatoms. The third-order valence-corrected chi connectivity index (χ3v) is 8.59. The zero-order valence-electron chi connectivity index (χ0n) is 12.5. The fourth-order valence-corrected chi connectivity index (χ4v) is 7.38. The van der Waals surface area contributed by atoms with Crippen molar-refractivity contribution in [3.05, 3.63) is 22.7 Å². The van der Waals surface area contributed by atoms with E-state index < -0.39 is 11.2 Å². The van der Waals surface area contributed by atoms with Gasteiger partial charge in [-0.2, -0.15) is 0 Å². The number of nitrogens with two attached hydrogens (primary N) is 1. The van der Waals surface area contributed by atoms with Crippen molar-refractivity contribution in [3.8, 4) is 0 Å². The molecule has 0 aromatic carbocycles. The first-order valence-corrected chi connectivity index (χ1v) is 10.5. The summed E-state index contributed by atoms with van der Waals surface area (Å²) in [5.74, 6) is -0.327. The van der Waals surface area contributed by atoms with Gasteiger partial charge in [0.1, 0.15) is 5.70 Å². The van der Waals surface area contributed by atoms with E-state index in [1.165, 1.54) is 22.7 Å². The summed E-state index contributed by atoms with van der Waals surface area (Å²) < 4.78 is 19.5. The SMILES string of the molecule is CN1/C(=C\c2cc3sc4cc(N)sc4c3s2)C(=O)N(CCO)S1=O. The lowest BCUT2D eigenvalue weighted by molar-refractivity contribution is -0.122. The molecule has 0 aliphatic carbocycles. The summed E-state index contributed by atoms with van der Waals surface area (Å²) in [7, 11) is 1.62. The molecule has 126 valence electrons. The molecule has 4 rings (SSSR count). The van der Waals surface area contributed by atoms with Crippen LogP contribution in [-0.4, -0.2) is 44.0 Å². The van der Waals surface area contributed by atoms with Crippen LogP contribution in [0.3, 0.4) is 0 Å². The molecule has 0 bridgehead atoms. The molecule has 1 aliphatic heterocycles. The van der Waals surface area contributed by atoms with E-state index in [-0.39, 0.29) is 19.1 Å². The fourth-order valence-electron chi connectivity index (χ4n) is 2.57. The Morgan fingerprint density at radius 1 is 1.25 bits per heavy atom. The van der Waals surface area contributed by atoms with Gasteiger partial charge in [-0.25, -0.2) is 8.51 Å². The number of anilines is 1. The van der Waals surface area contributed by atoms with E-state index >= 15 is 0 Å². The van der Waals surface area contributed by atoms with Crippen molar-refractivity contribution in [1.29, 1.82) is 0 Å². The molecule has 1 saturated heterocycles. The molecular weight excluding hydrogens is 386 g/mol. The summed E-state index contributed by atoms with van der Waals surface area (Å²) in [5.41, 5.74) is 6.24. The van der Waals surface area contributed by atoms with Crippen LogP contribution in [0.15, 0.2) is 17.8 Å². The second kappa shape index (κ2) is 5.81. The number of carbonyl (C=O) groups is 1. The van der Waals surface area contributed by atoms with Crippen LogP contribution in [0.25, 0.3) is 24.9 Å². The minimum atomic E-state index is -1.58. The van der Waals surface area contributed by atoms with Crippen LogP contribution >= 0.6 is 34.0 Å². The number of likely N-dealkylation sites (N-methyl/N-ethyl adjacent to an activating group) is 1. The fraction of sp³-hybridized carbons (Fsp3) is 0.214. The number of hydrogen-bond acceptors (Lipinski definition) is 7. The van der Waals surface area contributed by atoms with E-state index in [1.807, 2.05) is 12.1 Å². The van der Waals surface area contributed by atoms with Gasteiger partial charge in [0.15, 0.2) is 0 Å². The Morgan fingerprint density at radius 2 is 1.96 bits per heavy atom. The van der Waals surface area contributed by atoms with Crippen LogP contribution in [0, 0.1) is 0 Å². The molecule has 1 aliphatic rings. The smallest absolute Gasteiger partial charge is 0.284 e. The molecule has 1 amide bonds. The highest BCUT2D eigenvalue weighted by Gasteiger charge is 2.37. The van der Waals surface area contributed by atoms with Crippen LogP contribution in [0.2, 0.25) is 0 Å². The summed E-state index contributed by atoms with van der Waals surface area (Å²) in [5, 5.41) is 9.82. The third-order valence-electron chi connectivity index (χ3n) is 3.65. The van der Waals surface area contributed by atoms with Gasteiger partial charge in [0, 0.05) is 21.3 Å². The lowest BCUT2D eigenvalue weighted by Crippen LogP contribution is -2.30. The summed E-state index contributed by atoms with van der Waals surface area (Å²) in [4.78, 5) is 13.3. The molecule has 3 N–H and O–H groups in total. The van der Waals surface area contributed by atoms with Gasteiger partial charge in [-0.05, 0) is 18.2 Å². The molecule has 1 unspecified atom stereocenters. The Kier molecular flexibility index (Phi) is 3.88. The third kappa shape index (κ3) is 2.37. The average molecular weight is 400 g/mol. The maximum absolute atomic E-state index is 12.4. The van der Waals surface area contributed by atoms with Crippen molar-refractivity contribution in [2.45, 2.75) is 0 Å². The van der Waals surface area contributed by atoms with Crippen LogP contribution in [0.5, 0.6) is 0 Å². The molecule has 1 fully saturated rings. The van der Waals surface area contributed by atoms with Gasteiger partial charge in [-0.3, -0.25) is 9.10 Å². The van der Waals surface area contributed by atoms with Crippen LogP contribution in [0.4, 0.5) is 5.00 Å². The predicted molar refractivity (Wildman–Crippen MR) is 102 cm³/mol. The molecule has 3 aromatic heterocycles. The number of carbonyl (C=O) groups excluding carboxylic acids is 1. The van der Waals surface area contributed by atoms with Crippen LogP contribution < -0.4 is 5.73 Å². The lowest BCUT2D eigenvalue weighted by Gasteiger charge is -2.11. The normalized spacial score (nSPS) is 20.3. The molecule has 1 atom stereocenters. The highest BCUT2D eigenvalue weighted by molar-refractivity contribution is 7.81. The largest absolute Gasteiger partial charge is 0.394 e. The summed E-state index contributed by atoms with van der Waals surface area (Å²) in [6.07, 6.45) is 1.76. The van der Waals surface area contributed by atoms with E-state index in [0.29, 0.717) is 5.70 Å². The van der Waals surface area contributed by atoms with E-state index in [1.54, 1.807) is 47.1 Å². The summed E-state index contributed by atoms with van der Waals surface area (Å²) in [6.45, 7) is -0.160. The second-order valence-corrected chi connectivity index (χ2v) is 9.88. The van der Waals surface area contributed by atoms with Gasteiger partial charge in [0.2, 0.25) is 11.2 Å². The maximum atomic E-state index is 12.4. The van der Waals surface area contributed by atoms with Gasteiger partial charge in [0.05, 0.1) is 27.6 Å². The highest BCUT2D eigenvalue weighted by Crippen LogP contribution is 2.45. The highest BCUT2D eigenvalue weighted by atomic mass is 32.2. The van der Waals surface area contributed by atoms with Crippen molar-refractivity contribution in [3.63, 3.8) is 0 Å². The zero-order valence-corrected chi connectivity index (χ0v) is 15.8. The summed E-state index contributed by atoms with van der Waals surface area (Å²) >= 11 is 3.26. The molecule has 24 heavy (non-hydrogen) atoms. The van der Waals surface area contributed by atoms with Gasteiger partial charge in [-0.1, -0.05) is 0 Å². The van der Waals surface area contributed by atoms with Gasteiger partial charge >= 0.3 is 0 Å². The Morgan fingerprint density at radius 3 is 2.71 bits per heavy atom. The molecule has 0 radical (unpaired) electrons. The monoisotopic (exact) mass is 399 g/mol. The number of aliphatic hydroxyl groups excluding tert-OH is 1. The number of nitrogens with zero attached hydrogens (tertiary/aromatic N) is 2. The Labute approximate surface area is 152 Å². The molecule has 4 heterocycles. The number of β-amino-alcohol motifs (C(OH)–C–C–N with tert-alkyl or cyclic N) is 1. The van der Waals surface area contributed by atoms with Crippen molar-refractivity contribution >= 4 is 81.0 Å². The number of nitrogen functional groups attached to an aromatic ring is 1. The molecule has 3 aromatic rings. The van der Waals surface area contributed by atoms with E-state index in [9.17, 15) is 9.00 Å².